The molecule has 1 saturated heterocycles. The van der Waals surface area contributed by atoms with Crippen molar-refractivity contribution in [1.29, 1.82) is 0 Å². The van der Waals surface area contributed by atoms with Crippen LogP contribution in [0.5, 0.6) is 0 Å². The lowest BCUT2D eigenvalue weighted by Crippen LogP contribution is -2.40. The molecule has 7 nitrogen and oxygen atoms in total. The summed E-state index contributed by atoms with van der Waals surface area (Å²) >= 11 is 0. The first-order valence-electron chi connectivity index (χ1n) is 8.66. The van der Waals surface area contributed by atoms with Gasteiger partial charge in [0.2, 0.25) is 15.9 Å². The number of carbonyl (C=O) groups excluding carboxylic acids is 1. The first kappa shape index (κ1) is 18.6. The van der Waals surface area contributed by atoms with Crippen LogP contribution in [0.15, 0.2) is 36.5 Å². The van der Waals surface area contributed by atoms with E-state index >= 15 is 0 Å². The first-order chi connectivity index (χ1) is 12.3. The minimum absolute atomic E-state index is 0.0982. The number of aromatic nitrogens is 2. The number of hydrogen-bond acceptors (Lipinski definition) is 4. The summed E-state index contributed by atoms with van der Waals surface area (Å²) in [5.74, 6) is 0.238. The molecule has 0 unspecified atom stereocenters. The molecule has 0 aliphatic carbocycles. The number of carbonyl (C=O) groups is 1. The standard InChI is InChI=1S/C18H24N4O3S/c1-14-4-3-5-15(12-14)13-21-9-8-17(20-21)19-18(23)16-6-10-22(11-7-16)26(2,24)25/h3-5,8-9,12,16H,6-7,10-11,13H2,1-2H3,(H,19,20,23). The number of nitrogens with one attached hydrogen (secondary N) is 1. The molecule has 8 heteroatoms. The molecule has 1 aromatic carbocycles. The van der Waals surface area contributed by atoms with E-state index < -0.39 is 10.0 Å². The third kappa shape index (κ3) is 4.70. The zero-order chi connectivity index (χ0) is 18.7. The van der Waals surface area contributed by atoms with Gasteiger partial charge in [-0.05, 0) is 25.3 Å². The Morgan fingerprint density at radius 3 is 2.65 bits per heavy atom. The van der Waals surface area contributed by atoms with Gasteiger partial charge in [0.1, 0.15) is 0 Å². The molecule has 26 heavy (non-hydrogen) atoms. The molecule has 3 rings (SSSR count). The SMILES string of the molecule is Cc1cccc(Cn2ccc(NC(=O)C3CCN(S(C)(=O)=O)CC3)n2)c1. The Morgan fingerprint density at radius 2 is 2.00 bits per heavy atom. The number of aryl methyl sites for hydroxylation is 1. The number of piperidine rings is 1. The molecule has 1 aliphatic heterocycles. The zero-order valence-electron chi connectivity index (χ0n) is 15.1. The fourth-order valence-corrected chi connectivity index (χ4v) is 4.07. The summed E-state index contributed by atoms with van der Waals surface area (Å²) < 4.78 is 26.3. The smallest absolute Gasteiger partial charge is 0.228 e. The second-order valence-corrected chi connectivity index (χ2v) is 8.80. The molecule has 140 valence electrons. The molecule has 1 fully saturated rings. The molecule has 1 aromatic heterocycles. The van der Waals surface area contributed by atoms with Gasteiger partial charge in [-0.1, -0.05) is 29.8 Å². The van der Waals surface area contributed by atoms with Crippen molar-refractivity contribution in [3.63, 3.8) is 0 Å². The van der Waals surface area contributed by atoms with Crippen LogP contribution >= 0.6 is 0 Å². The van der Waals surface area contributed by atoms with E-state index in [1.54, 1.807) is 10.7 Å². The van der Waals surface area contributed by atoms with Gasteiger partial charge in [-0.15, -0.1) is 0 Å². The molecule has 2 aromatic rings. The van der Waals surface area contributed by atoms with E-state index in [9.17, 15) is 13.2 Å². The van der Waals surface area contributed by atoms with Gasteiger partial charge in [0, 0.05) is 31.3 Å². The topological polar surface area (TPSA) is 84.3 Å². The second kappa shape index (κ2) is 7.59. The van der Waals surface area contributed by atoms with E-state index in [-0.39, 0.29) is 11.8 Å². The van der Waals surface area contributed by atoms with Crippen LogP contribution in [0.3, 0.4) is 0 Å². The fraction of sp³-hybridized carbons (Fsp3) is 0.444. The Kier molecular flexibility index (Phi) is 5.43. The van der Waals surface area contributed by atoms with Gasteiger partial charge >= 0.3 is 0 Å². The van der Waals surface area contributed by atoms with E-state index in [1.165, 1.54) is 16.1 Å². The molecule has 0 radical (unpaired) electrons. The molecule has 1 aliphatic rings. The maximum absolute atomic E-state index is 12.4. The molecule has 0 saturated carbocycles. The van der Waals surface area contributed by atoms with Gasteiger partial charge in [-0.2, -0.15) is 5.10 Å². The predicted molar refractivity (Wildman–Crippen MR) is 100 cm³/mol. The van der Waals surface area contributed by atoms with Crippen molar-refractivity contribution in [2.24, 2.45) is 5.92 Å². The van der Waals surface area contributed by atoms with Crippen molar-refractivity contribution in [3.05, 3.63) is 47.7 Å². The molecule has 0 atom stereocenters. The van der Waals surface area contributed by atoms with Crippen LogP contribution in [0.25, 0.3) is 0 Å². The zero-order valence-corrected chi connectivity index (χ0v) is 15.9. The second-order valence-electron chi connectivity index (χ2n) is 6.81. The van der Waals surface area contributed by atoms with Crippen LogP contribution in [0.2, 0.25) is 0 Å². The predicted octanol–water partition coefficient (Wildman–Crippen LogP) is 1.85. The van der Waals surface area contributed by atoms with Crippen molar-refractivity contribution in [3.8, 4) is 0 Å². The Morgan fingerprint density at radius 1 is 1.27 bits per heavy atom. The van der Waals surface area contributed by atoms with Gasteiger partial charge in [0.25, 0.3) is 0 Å². The maximum atomic E-state index is 12.4. The summed E-state index contributed by atoms with van der Waals surface area (Å²) in [5.41, 5.74) is 2.35. The minimum atomic E-state index is -3.18. The van der Waals surface area contributed by atoms with E-state index in [2.05, 4.69) is 16.5 Å². The Bertz CT molecular complexity index is 883. The summed E-state index contributed by atoms with van der Waals surface area (Å²) in [7, 11) is -3.18. The molecular weight excluding hydrogens is 352 g/mol. The Hall–Kier alpha value is -2.19. The van der Waals surface area contributed by atoms with Crippen LogP contribution in [0.1, 0.15) is 24.0 Å². The van der Waals surface area contributed by atoms with Gasteiger partial charge in [0.15, 0.2) is 5.82 Å². The highest BCUT2D eigenvalue weighted by Gasteiger charge is 2.29. The quantitative estimate of drug-likeness (QED) is 0.863. The van der Waals surface area contributed by atoms with Crippen LogP contribution in [-0.4, -0.2) is 47.8 Å². The monoisotopic (exact) mass is 376 g/mol. The Labute approximate surface area is 154 Å². The van der Waals surface area contributed by atoms with Crippen LogP contribution in [-0.2, 0) is 21.4 Å². The van der Waals surface area contributed by atoms with Gasteiger partial charge in [0.05, 0.1) is 12.8 Å². The molecule has 1 N–H and O–H groups in total. The summed E-state index contributed by atoms with van der Waals surface area (Å²) in [5, 5.41) is 7.25. The van der Waals surface area contributed by atoms with Gasteiger partial charge < -0.3 is 5.32 Å². The third-order valence-electron chi connectivity index (χ3n) is 4.61. The molecular formula is C18H24N4O3S. The van der Waals surface area contributed by atoms with Crippen LogP contribution < -0.4 is 5.32 Å². The summed E-state index contributed by atoms with van der Waals surface area (Å²) in [4.78, 5) is 12.4. The Balaban J connectivity index is 1.55. The van der Waals surface area contributed by atoms with Crippen molar-refractivity contribution in [2.45, 2.75) is 26.3 Å². The molecule has 2 heterocycles. The van der Waals surface area contributed by atoms with E-state index in [1.807, 2.05) is 31.3 Å². The highest BCUT2D eigenvalue weighted by atomic mass is 32.2. The van der Waals surface area contributed by atoms with Crippen molar-refractivity contribution >= 4 is 21.7 Å². The maximum Gasteiger partial charge on any atom is 0.228 e. The number of nitrogens with zero attached hydrogens (tertiary/aromatic N) is 3. The highest BCUT2D eigenvalue weighted by Crippen LogP contribution is 2.20. The fourth-order valence-electron chi connectivity index (χ4n) is 3.19. The van der Waals surface area contributed by atoms with E-state index in [4.69, 9.17) is 0 Å². The first-order valence-corrected chi connectivity index (χ1v) is 10.5. The normalized spacial score (nSPS) is 16.5. The van der Waals surface area contributed by atoms with Crippen LogP contribution in [0.4, 0.5) is 5.82 Å². The lowest BCUT2D eigenvalue weighted by molar-refractivity contribution is -0.120. The number of sulfonamides is 1. The number of anilines is 1. The average Bonchev–Trinajstić information content (AvgIpc) is 3.01. The van der Waals surface area contributed by atoms with Crippen molar-refractivity contribution < 1.29 is 13.2 Å². The summed E-state index contributed by atoms with van der Waals surface area (Å²) in [6, 6.07) is 9.99. The molecule has 0 spiro atoms. The lowest BCUT2D eigenvalue weighted by atomic mass is 9.97. The van der Waals surface area contributed by atoms with Gasteiger partial charge in [-0.3, -0.25) is 9.48 Å². The summed E-state index contributed by atoms with van der Waals surface area (Å²) in [6.07, 6.45) is 4.10. The number of benzene rings is 1. The van der Waals surface area contributed by atoms with E-state index in [0.717, 1.165) is 5.56 Å². The number of hydrogen-bond donors (Lipinski definition) is 1. The minimum Gasteiger partial charge on any atom is -0.309 e. The van der Waals surface area contributed by atoms with Gasteiger partial charge in [-0.25, -0.2) is 12.7 Å². The van der Waals surface area contributed by atoms with Crippen molar-refractivity contribution in [2.75, 3.05) is 24.7 Å². The van der Waals surface area contributed by atoms with E-state index in [0.29, 0.717) is 38.3 Å². The average molecular weight is 376 g/mol. The third-order valence-corrected chi connectivity index (χ3v) is 5.92. The largest absolute Gasteiger partial charge is 0.309 e. The number of rotatable bonds is 5. The number of amides is 1. The lowest BCUT2D eigenvalue weighted by Gasteiger charge is -2.29. The summed E-state index contributed by atoms with van der Waals surface area (Å²) in [6.45, 7) is 3.47. The van der Waals surface area contributed by atoms with Crippen LogP contribution in [0, 0.1) is 12.8 Å². The molecule has 0 bridgehead atoms. The van der Waals surface area contributed by atoms with Crippen molar-refractivity contribution in [1.82, 2.24) is 14.1 Å². The molecule has 1 amide bonds. The highest BCUT2D eigenvalue weighted by molar-refractivity contribution is 7.88.